The molecular formula is C19H36O4. The van der Waals surface area contributed by atoms with E-state index in [2.05, 4.69) is 6.92 Å². The van der Waals surface area contributed by atoms with Crippen molar-refractivity contribution in [2.45, 2.75) is 110 Å². The molecule has 1 N–H and O–H groups in total. The van der Waals surface area contributed by atoms with Crippen molar-refractivity contribution in [2.75, 3.05) is 0 Å². The molecule has 0 aromatic heterocycles. The van der Waals surface area contributed by atoms with Crippen LogP contribution in [0.1, 0.15) is 104 Å². The largest absolute Gasteiger partial charge is 0.481 e. The predicted octanol–water partition coefficient (Wildman–Crippen LogP) is 5.48. The minimum Gasteiger partial charge on any atom is -0.481 e. The zero-order chi connectivity index (χ0) is 17.3. The number of hydrogen-bond acceptors (Lipinski definition) is 3. The third-order valence-electron chi connectivity index (χ3n) is 4.07. The van der Waals surface area contributed by atoms with E-state index in [1.165, 1.54) is 51.4 Å². The maximum absolute atomic E-state index is 11.6. The molecule has 0 spiro atoms. The van der Waals surface area contributed by atoms with Crippen LogP contribution in [0.15, 0.2) is 0 Å². The van der Waals surface area contributed by atoms with E-state index in [4.69, 9.17) is 9.84 Å². The number of carbonyl (C=O) groups is 2. The van der Waals surface area contributed by atoms with Gasteiger partial charge in [0.1, 0.15) is 0 Å². The molecule has 1 unspecified atom stereocenters. The number of esters is 1. The number of carboxylic acids is 1. The highest BCUT2D eigenvalue weighted by Crippen LogP contribution is 2.12. The summed E-state index contributed by atoms with van der Waals surface area (Å²) in [6, 6.07) is 0. The molecule has 136 valence electrons. The van der Waals surface area contributed by atoms with Crippen LogP contribution in [0.2, 0.25) is 0 Å². The van der Waals surface area contributed by atoms with Gasteiger partial charge in [-0.3, -0.25) is 9.59 Å². The number of carbonyl (C=O) groups excluding carboxylic acids is 1. The molecule has 0 fully saturated rings. The molecule has 0 aliphatic carbocycles. The number of aliphatic carboxylic acids is 1. The van der Waals surface area contributed by atoms with Crippen LogP contribution in [0, 0.1) is 0 Å². The summed E-state index contributed by atoms with van der Waals surface area (Å²) in [5, 5.41) is 8.56. The van der Waals surface area contributed by atoms with Crippen molar-refractivity contribution < 1.29 is 19.4 Å². The molecule has 0 aliphatic heterocycles. The SMILES string of the molecule is CCCCCCCCCCCCC(=O)OC(C)CCCC(=O)O. The van der Waals surface area contributed by atoms with Gasteiger partial charge >= 0.3 is 11.9 Å². The first-order valence-corrected chi connectivity index (χ1v) is 9.47. The molecule has 0 amide bonds. The van der Waals surface area contributed by atoms with Crippen molar-refractivity contribution in [1.82, 2.24) is 0 Å². The maximum Gasteiger partial charge on any atom is 0.306 e. The summed E-state index contributed by atoms with van der Waals surface area (Å²) in [4.78, 5) is 22.1. The third kappa shape index (κ3) is 17.1. The van der Waals surface area contributed by atoms with Gasteiger partial charge in [0.05, 0.1) is 6.10 Å². The average Bonchev–Trinajstić information content (AvgIpc) is 2.48. The Balaban J connectivity index is 3.34. The Kier molecular flexibility index (Phi) is 15.1. The Labute approximate surface area is 142 Å². The topological polar surface area (TPSA) is 63.6 Å². The van der Waals surface area contributed by atoms with E-state index < -0.39 is 5.97 Å². The summed E-state index contributed by atoms with van der Waals surface area (Å²) in [6.07, 6.45) is 14.1. The molecule has 0 heterocycles. The quantitative estimate of drug-likeness (QED) is 0.301. The number of rotatable bonds is 16. The van der Waals surface area contributed by atoms with Crippen molar-refractivity contribution in [3.8, 4) is 0 Å². The van der Waals surface area contributed by atoms with Gasteiger partial charge in [0.25, 0.3) is 0 Å². The van der Waals surface area contributed by atoms with E-state index in [0.717, 1.165) is 12.8 Å². The fraction of sp³-hybridized carbons (Fsp3) is 0.895. The highest BCUT2D eigenvalue weighted by molar-refractivity contribution is 5.69. The standard InChI is InChI=1S/C19H36O4/c1-3-4-5-6-7-8-9-10-11-12-16-19(22)23-17(2)14-13-15-18(20)21/h17H,3-16H2,1-2H3,(H,20,21). The zero-order valence-electron chi connectivity index (χ0n) is 15.1. The normalized spacial score (nSPS) is 12.1. The number of unbranched alkanes of at least 4 members (excludes halogenated alkanes) is 9. The van der Waals surface area contributed by atoms with Gasteiger partial charge in [0.2, 0.25) is 0 Å². The molecule has 23 heavy (non-hydrogen) atoms. The van der Waals surface area contributed by atoms with E-state index in [1.807, 2.05) is 6.92 Å². The van der Waals surface area contributed by atoms with Gasteiger partial charge in [-0.15, -0.1) is 0 Å². The smallest absolute Gasteiger partial charge is 0.306 e. The number of ether oxygens (including phenoxy) is 1. The molecule has 4 nitrogen and oxygen atoms in total. The van der Waals surface area contributed by atoms with Crippen LogP contribution in [-0.4, -0.2) is 23.1 Å². The molecule has 0 bridgehead atoms. The van der Waals surface area contributed by atoms with Crippen LogP contribution in [0.5, 0.6) is 0 Å². The molecule has 4 heteroatoms. The summed E-state index contributed by atoms with van der Waals surface area (Å²) >= 11 is 0. The third-order valence-corrected chi connectivity index (χ3v) is 4.07. The van der Waals surface area contributed by atoms with Gasteiger partial charge in [0.15, 0.2) is 0 Å². The first-order chi connectivity index (χ1) is 11.1. The van der Waals surface area contributed by atoms with Crippen molar-refractivity contribution >= 4 is 11.9 Å². The lowest BCUT2D eigenvalue weighted by molar-refractivity contribution is -0.148. The second kappa shape index (κ2) is 15.8. The molecule has 1 atom stereocenters. The summed E-state index contributed by atoms with van der Waals surface area (Å²) < 4.78 is 5.28. The Bertz CT molecular complexity index is 302. The average molecular weight is 328 g/mol. The molecular weight excluding hydrogens is 292 g/mol. The van der Waals surface area contributed by atoms with Gasteiger partial charge in [-0.05, 0) is 26.2 Å². The van der Waals surface area contributed by atoms with Crippen LogP contribution < -0.4 is 0 Å². The first-order valence-electron chi connectivity index (χ1n) is 9.47. The van der Waals surface area contributed by atoms with E-state index in [9.17, 15) is 9.59 Å². The highest BCUT2D eigenvalue weighted by atomic mass is 16.5. The zero-order valence-corrected chi connectivity index (χ0v) is 15.1. The maximum atomic E-state index is 11.6. The van der Waals surface area contributed by atoms with Crippen LogP contribution in [-0.2, 0) is 14.3 Å². The van der Waals surface area contributed by atoms with Gasteiger partial charge in [0, 0.05) is 12.8 Å². The van der Waals surface area contributed by atoms with Crippen molar-refractivity contribution in [1.29, 1.82) is 0 Å². The lowest BCUT2D eigenvalue weighted by Gasteiger charge is -2.12. The summed E-state index contributed by atoms with van der Waals surface area (Å²) in [5.41, 5.74) is 0. The van der Waals surface area contributed by atoms with Crippen molar-refractivity contribution in [3.63, 3.8) is 0 Å². The minimum atomic E-state index is -0.797. The van der Waals surface area contributed by atoms with Crippen LogP contribution in [0.4, 0.5) is 0 Å². The fourth-order valence-corrected chi connectivity index (χ4v) is 2.64. The molecule has 0 aromatic rings. The lowest BCUT2D eigenvalue weighted by atomic mass is 10.1. The highest BCUT2D eigenvalue weighted by Gasteiger charge is 2.09. The van der Waals surface area contributed by atoms with Crippen LogP contribution in [0.25, 0.3) is 0 Å². The van der Waals surface area contributed by atoms with Crippen LogP contribution >= 0.6 is 0 Å². The predicted molar refractivity (Wildman–Crippen MR) is 93.5 cm³/mol. The molecule has 0 radical (unpaired) electrons. The van der Waals surface area contributed by atoms with Crippen molar-refractivity contribution in [3.05, 3.63) is 0 Å². The van der Waals surface area contributed by atoms with Gasteiger partial charge in [-0.2, -0.15) is 0 Å². The van der Waals surface area contributed by atoms with Crippen LogP contribution in [0.3, 0.4) is 0 Å². The molecule has 0 aliphatic rings. The Hall–Kier alpha value is -1.06. The molecule has 0 rings (SSSR count). The second-order valence-corrected chi connectivity index (χ2v) is 6.52. The summed E-state index contributed by atoms with van der Waals surface area (Å²) in [7, 11) is 0. The van der Waals surface area contributed by atoms with E-state index in [-0.39, 0.29) is 18.5 Å². The summed E-state index contributed by atoms with van der Waals surface area (Å²) in [5.74, 6) is -0.943. The van der Waals surface area contributed by atoms with Crippen molar-refractivity contribution in [2.24, 2.45) is 0 Å². The van der Waals surface area contributed by atoms with E-state index >= 15 is 0 Å². The summed E-state index contributed by atoms with van der Waals surface area (Å²) in [6.45, 7) is 4.07. The number of hydrogen-bond donors (Lipinski definition) is 1. The second-order valence-electron chi connectivity index (χ2n) is 6.52. The molecule has 0 saturated heterocycles. The van der Waals surface area contributed by atoms with E-state index in [1.54, 1.807) is 0 Å². The van der Waals surface area contributed by atoms with Gasteiger partial charge in [-0.1, -0.05) is 64.7 Å². The number of carboxylic acid groups (broad SMARTS) is 1. The Morgan fingerprint density at radius 3 is 1.87 bits per heavy atom. The fourth-order valence-electron chi connectivity index (χ4n) is 2.64. The molecule has 0 saturated carbocycles. The first kappa shape index (κ1) is 21.9. The lowest BCUT2D eigenvalue weighted by Crippen LogP contribution is -2.15. The minimum absolute atomic E-state index is 0.139. The Morgan fingerprint density at radius 2 is 1.35 bits per heavy atom. The molecule has 0 aromatic carbocycles. The Morgan fingerprint density at radius 1 is 0.826 bits per heavy atom. The van der Waals surface area contributed by atoms with Gasteiger partial charge in [-0.25, -0.2) is 0 Å². The van der Waals surface area contributed by atoms with Gasteiger partial charge < -0.3 is 9.84 Å². The van der Waals surface area contributed by atoms with E-state index in [0.29, 0.717) is 19.3 Å². The monoisotopic (exact) mass is 328 g/mol.